The van der Waals surface area contributed by atoms with Crippen molar-refractivity contribution in [2.75, 3.05) is 0 Å². The zero-order valence-electron chi connectivity index (χ0n) is 13.6. The van der Waals surface area contributed by atoms with Gasteiger partial charge in [-0.2, -0.15) is 4.98 Å². The Bertz CT molecular complexity index is 857. The summed E-state index contributed by atoms with van der Waals surface area (Å²) >= 11 is 0. The number of aromatic nitrogens is 4. The van der Waals surface area contributed by atoms with Crippen LogP contribution in [-0.2, 0) is 0 Å². The Kier molecular flexibility index (Phi) is 4.33. The highest BCUT2D eigenvalue weighted by Crippen LogP contribution is 2.19. The van der Waals surface area contributed by atoms with Gasteiger partial charge in [0.2, 0.25) is 11.7 Å². The topological polar surface area (TPSA) is 93.8 Å². The molecule has 7 heteroatoms. The van der Waals surface area contributed by atoms with Crippen molar-refractivity contribution in [3.8, 4) is 11.4 Å². The predicted octanol–water partition coefficient (Wildman–Crippen LogP) is 2.63. The second kappa shape index (κ2) is 6.57. The van der Waals surface area contributed by atoms with Gasteiger partial charge in [0.05, 0.1) is 0 Å². The van der Waals surface area contributed by atoms with Gasteiger partial charge in [0.25, 0.3) is 5.91 Å². The molecule has 122 valence electrons. The molecule has 7 nitrogen and oxygen atoms in total. The van der Waals surface area contributed by atoms with Crippen LogP contribution in [0.1, 0.15) is 40.6 Å². The highest BCUT2D eigenvalue weighted by molar-refractivity contribution is 5.92. The average molecular weight is 323 g/mol. The number of carbonyl (C=O) groups excluding carboxylic acids is 1. The summed E-state index contributed by atoms with van der Waals surface area (Å²) in [5.41, 5.74) is 3.02. The molecule has 3 rings (SSSR count). The van der Waals surface area contributed by atoms with Gasteiger partial charge in [-0.15, -0.1) is 0 Å². The maximum Gasteiger partial charge on any atom is 0.270 e. The number of carbonyl (C=O) groups is 1. The van der Waals surface area contributed by atoms with Crippen LogP contribution in [0.5, 0.6) is 0 Å². The number of rotatable bonds is 4. The molecule has 1 amide bonds. The number of nitrogens with one attached hydrogen (secondary N) is 1. The molecule has 0 aromatic carbocycles. The van der Waals surface area contributed by atoms with Crippen LogP contribution in [0.15, 0.2) is 41.2 Å². The number of amides is 1. The van der Waals surface area contributed by atoms with E-state index in [0.29, 0.717) is 17.4 Å². The van der Waals surface area contributed by atoms with E-state index in [-0.39, 0.29) is 5.91 Å². The first kappa shape index (κ1) is 15.8. The summed E-state index contributed by atoms with van der Waals surface area (Å²) in [7, 11) is 0. The van der Waals surface area contributed by atoms with E-state index in [1.807, 2.05) is 26.0 Å². The van der Waals surface area contributed by atoms with E-state index in [0.717, 1.165) is 16.8 Å². The molecule has 0 saturated carbocycles. The smallest absolute Gasteiger partial charge is 0.270 e. The van der Waals surface area contributed by atoms with Crippen molar-refractivity contribution in [1.82, 2.24) is 25.4 Å². The zero-order chi connectivity index (χ0) is 17.1. The van der Waals surface area contributed by atoms with E-state index in [1.54, 1.807) is 31.5 Å². The molecule has 0 aliphatic rings. The number of nitrogens with zero attached hydrogens (tertiary/aromatic N) is 4. The minimum absolute atomic E-state index is 0.290. The highest BCUT2D eigenvalue weighted by Gasteiger charge is 2.18. The fourth-order valence-corrected chi connectivity index (χ4v) is 2.15. The molecular weight excluding hydrogens is 306 g/mol. The Labute approximate surface area is 139 Å². The molecule has 3 heterocycles. The summed E-state index contributed by atoms with van der Waals surface area (Å²) < 4.78 is 5.26. The van der Waals surface area contributed by atoms with Gasteiger partial charge in [0, 0.05) is 23.7 Å². The molecule has 24 heavy (non-hydrogen) atoms. The molecule has 1 atom stereocenters. The first-order valence-corrected chi connectivity index (χ1v) is 7.53. The number of hydrogen-bond acceptors (Lipinski definition) is 6. The molecule has 0 radical (unpaired) electrons. The van der Waals surface area contributed by atoms with Gasteiger partial charge in [-0.25, -0.2) is 0 Å². The van der Waals surface area contributed by atoms with Crippen molar-refractivity contribution in [1.29, 1.82) is 0 Å². The van der Waals surface area contributed by atoms with Crippen molar-refractivity contribution >= 4 is 5.91 Å². The van der Waals surface area contributed by atoms with Gasteiger partial charge in [0.15, 0.2) is 0 Å². The molecule has 0 saturated heterocycles. The largest absolute Gasteiger partial charge is 0.339 e. The molecule has 0 fully saturated rings. The summed E-state index contributed by atoms with van der Waals surface area (Å²) in [6, 6.07) is 6.76. The lowest BCUT2D eigenvalue weighted by Crippen LogP contribution is -2.27. The Hall–Kier alpha value is -3.09. The van der Waals surface area contributed by atoms with Gasteiger partial charge in [-0.3, -0.25) is 14.8 Å². The van der Waals surface area contributed by atoms with Crippen LogP contribution in [0.25, 0.3) is 11.4 Å². The second-order valence-electron chi connectivity index (χ2n) is 5.56. The number of hydrogen-bond donors (Lipinski definition) is 1. The first-order chi connectivity index (χ1) is 11.5. The van der Waals surface area contributed by atoms with Crippen LogP contribution >= 0.6 is 0 Å². The standard InChI is InChI=1S/C17H17N5O2/c1-10-4-5-14(19-9-10)16(23)20-12(3)17-21-15(22-24-17)13-6-7-18-11(2)8-13/h4-9,12H,1-3H3,(H,20,23)/t12-/m0/s1. The lowest BCUT2D eigenvalue weighted by molar-refractivity contribution is 0.0927. The molecule has 3 aromatic heterocycles. The van der Waals surface area contributed by atoms with Crippen molar-refractivity contribution in [2.45, 2.75) is 26.8 Å². The Balaban J connectivity index is 1.73. The summed E-state index contributed by atoms with van der Waals surface area (Å²) in [5, 5.41) is 6.76. The van der Waals surface area contributed by atoms with Crippen LogP contribution in [-0.4, -0.2) is 26.0 Å². The van der Waals surface area contributed by atoms with E-state index in [9.17, 15) is 4.79 Å². The third kappa shape index (κ3) is 3.45. The molecule has 0 aliphatic heterocycles. The van der Waals surface area contributed by atoms with Gasteiger partial charge in [-0.05, 0) is 44.5 Å². The van der Waals surface area contributed by atoms with E-state index in [2.05, 4.69) is 25.4 Å². The van der Waals surface area contributed by atoms with Gasteiger partial charge >= 0.3 is 0 Å². The molecule has 0 bridgehead atoms. The van der Waals surface area contributed by atoms with E-state index >= 15 is 0 Å². The normalized spacial score (nSPS) is 12.0. The van der Waals surface area contributed by atoms with Crippen molar-refractivity contribution in [3.05, 3.63) is 59.5 Å². The summed E-state index contributed by atoms with van der Waals surface area (Å²) in [5.74, 6) is 0.506. The van der Waals surface area contributed by atoms with Crippen LogP contribution in [0, 0.1) is 13.8 Å². The SMILES string of the molecule is Cc1ccc(C(=O)N[C@@H](C)c2nc(-c3ccnc(C)c3)no2)nc1. The van der Waals surface area contributed by atoms with Crippen LogP contribution in [0.4, 0.5) is 0 Å². The summed E-state index contributed by atoms with van der Waals surface area (Å²) in [6.45, 7) is 5.58. The number of aryl methyl sites for hydroxylation is 2. The third-order valence-corrected chi connectivity index (χ3v) is 3.46. The maximum absolute atomic E-state index is 12.2. The second-order valence-corrected chi connectivity index (χ2v) is 5.56. The first-order valence-electron chi connectivity index (χ1n) is 7.53. The molecule has 0 aliphatic carbocycles. The molecule has 0 spiro atoms. The minimum atomic E-state index is -0.426. The average Bonchev–Trinajstić information content (AvgIpc) is 3.05. The zero-order valence-corrected chi connectivity index (χ0v) is 13.6. The molecule has 0 unspecified atom stereocenters. The lowest BCUT2D eigenvalue weighted by atomic mass is 10.2. The van der Waals surface area contributed by atoms with Crippen LogP contribution in [0.3, 0.4) is 0 Å². The van der Waals surface area contributed by atoms with E-state index in [1.165, 1.54) is 0 Å². The van der Waals surface area contributed by atoms with Crippen molar-refractivity contribution in [2.24, 2.45) is 0 Å². The van der Waals surface area contributed by atoms with Crippen LogP contribution in [0.2, 0.25) is 0 Å². The lowest BCUT2D eigenvalue weighted by Gasteiger charge is -2.09. The summed E-state index contributed by atoms with van der Waals surface area (Å²) in [4.78, 5) is 24.8. The Morgan fingerprint density at radius 3 is 2.75 bits per heavy atom. The monoisotopic (exact) mass is 323 g/mol. The number of pyridine rings is 2. The molecular formula is C17H17N5O2. The predicted molar refractivity (Wildman–Crippen MR) is 87.1 cm³/mol. The summed E-state index contributed by atoms with van der Waals surface area (Å²) in [6.07, 6.45) is 3.34. The third-order valence-electron chi connectivity index (χ3n) is 3.46. The molecule has 1 N–H and O–H groups in total. The van der Waals surface area contributed by atoms with Crippen molar-refractivity contribution in [3.63, 3.8) is 0 Å². The fourth-order valence-electron chi connectivity index (χ4n) is 2.15. The van der Waals surface area contributed by atoms with E-state index < -0.39 is 6.04 Å². The minimum Gasteiger partial charge on any atom is -0.339 e. The maximum atomic E-state index is 12.2. The molecule has 3 aromatic rings. The Morgan fingerprint density at radius 1 is 1.21 bits per heavy atom. The van der Waals surface area contributed by atoms with Gasteiger partial charge < -0.3 is 9.84 Å². The van der Waals surface area contributed by atoms with Gasteiger partial charge in [0.1, 0.15) is 11.7 Å². The van der Waals surface area contributed by atoms with Crippen LogP contribution < -0.4 is 5.32 Å². The highest BCUT2D eigenvalue weighted by atomic mass is 16.5. The van der Waals surface area contributed by atoms with Crippen molar-refractivity contribution < 1.29 is 9.32 Å². The fraction of sp³-hybridized carbons (Fsp3) is 0.235. The quantitative estimate of drug-likeness (QED) is 0.793. The Morgan fingerprint density at radius 2 is 2.04 bits per heavy atom. The van der Waals surface area contributed by atoms with E-state index in [4.69, 9.17) is 4.52 Å². The van der Waals surface area contributed by atoms with Gasteiger partial charge in [-0.1, -0.05) is 11.2 Å².